The lowest BCUT2D eigenvalue weighted by molar-refractivity contribution is -0.127. The van der Waals surface area contributed by atoms with Crippen LogP contribution in [-0.4, -0.2) is 22.1 Å². The van der Waals surface area contributed by atoms with Crippen molar-refractivity contribution in [3.8, 4) is 0 Å². The lowest BCUT2D eigenvalue weighted by atomic mass is 9.80. The van der Waals surface area contributed by atoms with Crippen molar-refractivity contribution in [1.29, 1.82) is 0 Å². The molecule has 1 heterocycles. The summed E-state index contributed by atoms with van der Waals surface area (Å²) in [5, 5.41) is 4.44. The molecule has 5 heteroatoms. The van der Waals surface area contributed by atoms with E-state index in [0.29, 0.717) is 13.0 Å². The molecule has 1 fully saturated rings. The fraction of sp³-hybridized carbons (Fsp3) is 0.714. The predicted molar refractivity (Wildman–Crippen MR) is 79.0 cm³/mol. The maximum absolute atomic E-state index is 12.6. The molecule has 0 bridgehead atoms. The highest BCUT2D eigenvalue weighted by atomic mass is 79.9. The molecular weight excluding hydrogens is 306 g/mol. The maximum atomic E-state index is 12.6. The smallest absolute Gasteiger partial charge is 0.146 e. The molecule has 0 atom stereocenters. The van der Waals surface area contributed by atoms with E-state index >= 15 is 0 Å². The largest absolute Gasteiger partial charge is 0.329 e. The van der Waals surface area contributed by atoms with Crippen molar-refractivity contribution in [2.45, 2.75) is 45.4 Å². The zero-order valence-electron chi connectivity index (χ0n) is 11.7. The summed E-state index contributed by atoms with van der Waals surface area (Å²) >= 11 is 3.57. The van der Waals surface area contributed by atoms with E-state index in [1.807, 2.05) is 11.7 Å². The van der Waals surface area contributed by atoms with Crippen LogP contribution in [0.1, 0.15) is 44.0 Å². The monoisotopic (exact) mass is 327 g/mol. The van der Waals surface area contributed by atoms with Crippen LogP contribution in [0.4, 0.5) is 0 Å². The molecule has 1 saturated carbocycles. The normalized spacial score (nSPS) is 17.9. The average Bonchev–Trinajstić information content (AvgIpc) is 2.99. The molecule has 1 aromatic rings. The standard InChI is InChI=1S/C14H22BrN3O/c1-3-10-13(15)11(18(2)17-10)8-12(19)14(9-16)6-4-5-7-14/h3-9,16H2,1-2H3. The number of ketones is 1. The Hall–Kier alpha value is -0.680. The quantitative estimate of drug-likeness (QED) is 0.903. The SMILES string of the molecule is CCc1nn(C)c(CC(=O)C2(CN)CCCC2)c1Br. The summed E-state index contributed by atoms with van der Waals surface area (Å²) in [5.41, 5.74) is 7.58. The zero-order valence-corrected chi connectivity index (χ0v) is 13.3. The van der Waals surface area contributed by atoms with Crippen LogP contribution in [0.5, 0.6) is 0 Å². The molecule has 106 valence electrons. The van der Waals surface area contributed by atoms with Gasteiger partial charge in [0, 0.05) is 19.0 Å². The van der Waals surface area contributed by atoms with Gasteiger partial charge in [0.25, 0.3) is 0 Å². The highest BCUT2D eigenvalue weighted by Gasteiger charge is 2.39. The maximum Gasteiger partial charge on any atom is 0.146 e. The van der Waals surface area contributed by atoms with Crippen molar-refractivity contribution in [2.75, 3.05) is 6.54 Å². The van der Waals surface area contributed by atoms with Crippen LogP contribution in [0.15, 0.2) is 4.47 Å². The second-order valence-corrected chi connectivity index (χ2v) is 6.27. The van der Waals surface area contributed by atoms with Gasteiger partial charge in [-0.1, -0.05) is 19.8 Å². The number of aryl methyl sites for hydroxylation is 2. The van der Waals surface area contributed by atoms with Gasteiger partial charge in [-0.2, -0.15) is 5.10 Å². The number of rotatable bonds is 5. The average molecular weight is 328 g/mol. The molecule has 1 aliphatic rings. The second kappa shape index (κ2) is 5.75. The van der Waals surface area contributed by atoms with Crippen LogP contribution in [0, 0.1) is 5.41 Å². The summed E-state index contributed by atoms with van der Waals surface area (Å²) in [7, 11) is 1.90. The number of carbonyl (C=O) groups is 1. The Bertz CT molecular complexity index is 475. The van der Waals surface area contributed by atoms with Crippen molar-refractivity contribution in [2.24, 2.45) is 18.2 Å². The Morgan fingerprint density at radius 3 is 2.58 bits per heavy atom. The number of halogens is 1. The summed E-state index contributed by atoms with van der Waals surface area (Å²) < 4.78 is 2.80. The molecule has 0 aromatic carbocycles. The van der Waals surface area contributed by atoms with Crippen molar-refractivity contribution < 1.29 is 4.79 Å². The van der Waals surface area contributed by atoms with Crippen LogP contribution in [0.25, 0.3) is 0 Å². The number of nitrogens with two attached hydrogens (primary N) is 1. The number of hydrogen-bond acceptors (Lipinski definition) is 3. The van der Waals surface area contributed by atoms with Gasteiger partial charge >= 0.3 is 0 Å². The van der Waals surface area contributed by atoms with Gasteiger partial charge in [-0.3, -0.25) is 9.48 Å². The first-order valence-corrected chi connectivity index (χ1v) is 7.77. The number of aromatic nitrogens is 2. The van der Waals surface area contributed by atoms with Gasteiger partial charge in [-0.15, -0.1) is 0 Å². The number of carbonyl (C=O) groups excluding carboxylic acids is 1. The fourth-order valence-electron chi connectivity index (χ4n) is 3.00. The molecule has 4 nitrogen and oxygen atoms in total. The predicted octanol–water partition coefficient (Wildman–Crippen LogP) is 2.38. The molecule has 19 heavy (non-hydrogen) atoms. The molecule has 0 amide bonds. The first kappa shape index (κ1) is 14.7. The van der Waals surface area contributed by atoms with Crippen LogP contribution in [-0.2, 0) is 24.7 Å². The highest BCUT2D eigenvalue weighted by Crippen LogP contribution is 2.39. The number of nitrogens with zero attached hydrogens (tertiary/aromatic N) is 2. The lowest BCUT2D eigenvalue weighted by Gasteiger charge is -2.25. The third-order valence-corrected chi connectivity index (χ3v) is 5.29. The molecule has 1 aromatic heterocycles. The van der Waals surface area contributed by atoms with E-state index in [2.05, 4.69) is 28.0 Å². The minimum absolute atomic E-state index is 0.277. The second-order valence-electron chi connectivity index (χ2n) is 5.48. The van der Waals surface area contributed by atoms with Crippen molar-refractivity contribution >= 4 is 21.7 Å². The summed E-state index contributed by atoms with van der Waals surface area (Å²) in [4.78, 5) is 12.6. The number of Topliss-reactive ketones (excluding diaryl/α,β-unsaturated/α-hetero) is 1. The van der Waals surface area contributed by atoms with Crippen molar-refractivity contribution in [1.82, 2.24) is 9.78 Å². The van der Waals surface area contributed by atoms with E-state index in [-0.39, 0.29) is 11.2 Å². The van der Waals surface area contributed by atoms with E-state index in [9.17, 15) is 4.79 Å². The van der Waals surface area contributed by atoms with Crippen LogP contribution < -0.4 is 5.73 Å². The first-order chi connectivity index (χ1) is 9.04. The molecular formula is C14H22BrN3O. The molecule has 0 aliphatic heterocycles. The minimum Gasteiger partial charge on any atom is -0.329 e. The van der Waals surface area contributed by atoms with E-state index in [0.717, 1.165) is 48.0 Å². The van der Waals surface area contributed by atoms with Crippen molar-refractivity contribution in [3.63, 3.8) is 0 Å². The number of hydrogen-bond donors (Lipinski definition) is 1. The Morgan fingerprint density at radius 1 is 1.47 bits per heavy atom. The minimum atomic E-state index is -0.282. The third-order valence-electron chi connectivity index (χ3n) is 4.37. The zero-order chi connectivity index (χ0) is 14.0. The molecule has 0 unspecified atom stereocenters. The van der Waals surface area contributed by atoms with E-state index in [1.165, 1.54) is 0 Å². The summed E-state index contributed by atoms with van der Waals surface area (Å²) in [6.45, 7) is 2.54. The summed E-state index contributed by atoms with van der Waals surface area (Å²) in [6, 6.07) is 0. The lowest BCUT2D eigenvalue weighted by Crippen LogP contribution is -2.37. The molecule has 0 spiro atoms. The topological polar surface area (TPSA) is 60.9 Å². The van der Waals surface area contributed by atoms with E-state index in [4.69, 9.17) is 5.73 Å². The van der Waals surface area contributed by atoms with Gasteiger partial charge in [-0.25, -0.2) is 0 Å². The van der Waals surface area contributed by atoms with Gasteiger partial charge < -0.3 is 5.73 Å². The molecule has 0 radical (unpaired) electrons. The van der Waals surface area contributed by atoms with Crippen molar-refractivity contribution in [3.05, 3.63) is 15.9 Å². The Morgan fingerprint density at radius 2 is 2.11 bits per heavy atom. The van der Waals surface area contributed by atoms with Crippen LogP contribution in [0.2, 0.25) is 0 Å². The first-order valence-electron chi connectivity index (χ1n) is 6.97. The summed E-state index contributed by atoms with van der Waals surface area (Å²) in [6.07, 6.45) is 5.42. The fourth-order valence-corrected chi connectivity index (χ4v) is 3.76. The van der Waals surface area contributed by atoms with Gasteiger partial charge in [0.15, 0.2) is 0 Å². The molecule has 1 aliphatic carbocycles. The molecule has 2 rings (SSSR count). The Labute approximate surface area is 122 Å². The van der Waals surface area contributed by atoms with Crippen LogP contribution in [0.3, 0.4) is 0 Å². The van der Waals surface area contributed by atoms with Crippen LogP contribution >= 0.6 is 15.9 Å². The Balaban J connectivity index is 2.21. The third kappa shape index (κ3) is 2.63. The van der Waals surface area contributed by atoms with E-state index < -0.39 is 0 Å². The molecule has 0 saturated heterocycles. The van der Waals surface area contributed by atoms with Gasteiger partial charge in [0.05, 0.1) is 22.3 Å². The summed E-state index contributed by atoms with van der Waals surface area (Å²) in [5.74, 6) is 0.277. The Kier molecular flexibility index (Phi) is 4.46. The van der Waals surface area contributed by atoms with Gasteiger partial charge in [0.2, 0.25) is 0 Å². The van der Waals surface area contributed by atoms with Gasteiger partial charge in [0.1, 0.15) is 5.78 Å². The van der Waals surface area contributed by atoms with E-state index in [1.54, 1.807) is 0 Å². The molecule has 2 N–H and O–H groups in total. The van der Waals surface area contributed by atoms with Gasteiger partial charge in [-0.05, 0) is 35.2 Å². The highest BCUT2D eigenvalue weighted by molar-refractivity contribution is 9.10.